The lowest BCUT2D eigenvalue weighted by Crippen LogP contribution is -2.47. The zero-order valence-corrected chi connectivity index (χ0v) is 19.3. The molecule has 6 nitrogen and oxygen atoms in total. The molecule has 4 aromatic rings. The molecule has 34 heavy (non-hydrogen) atoms. The van der Waals surface area contributed by atoms with Crippen molar-refractivity contribution in [3.8, 4) is 11.8 Å². The minimum absolute atomic E-state index is 0.00139. The summed E-state index contributed by atoms with van der Waals surface area (Å²) < 4.78 is 11.6. The summed E-state index contributed by atoms with van der Waals surface area (Å²) >= 11 is 0. The minimum atomic E-state index is -0.142. The van der Waals surface area contributed by atoms with Crippen LogP contribution in [0, 0.1) is 0 Å². The molecule has 1 aliphatic heterocycles. The number of rotatable bonds is 6. The van der Waals surface area contributed by atoms with Crippen LogP contribution < -0.4 is 9.47 Å². The molecule has 6 heteroatoms. The molecular formula is C28H27N3O3. The van der Waals surface area contributed by atoms with Gasteiger partial charge in [-0.2, -0.15) is 9.97 Å². The lowest BCUT2D eigenvalue weighted by atomic mass is 9.93. The maximum Gasteiger partial charge on any atom is 0.316 e. The Bertz CT molecular complexity index is 1300. The molecule has 0 spiro atoms. The normalized spacial score (nSPS) is 15.3. The van der Waals surface area contributed by atoms with E-state index >= 15 is 0 Å². The highest BCUT2D eigenvalue weighted by molar-refractivity contribution is 6.07. The van der Waals surface area contributed by atoms with E-state index in [0.717, 1.165) is 10.8 Å². The molecule has 1 aliphatic rings. The Morgan fingerprint density at radius 3 is 2.47 bits per heavy atom. The van der Waals surface area contributed by atoms with Crippen LogP contribution in [0.2, 0.25) is 0 Å². The molecule has 172 valence electrons. The second-order valence-corrected chi connectivity index (χ2v) is 8.77. The SMILES string of the molecule is CC(C)Oc1cnc(OC[C@@H]2Cc3ccccc3CN2C(=O)c2cccc3ccccc23)nc1. The van der Waals surface area contributed by atoms with Gasteiger partial charge < -0.3 is 14.4 Å². The monoisotopic (exact) mass is 453 g/mol. The van der Waals surface area contributed by atoms with Crippen molar-refractivity contribution in [2.75, 3.05) is 6.61 Å². The van der Waals surface area contributed by atoms with Crippen molar-refractivity contribution in [1.29, 1.82) is 0 Å². The molecule has 0 bridgehead atoms. The van der Waals surface area contributed by atoms with Crippen LogP contribution in [0.1, 0.15) is 35.3 Å². The van der Waals surface area contributed by atoms with E-state index in [-0.39, 0.29) is 24.1 Å². The van der Waals surface area contributed by atoms with Gasteiger partial charge in [0.05, 0.1) is 24.5 Å². The average Bonchev–Trinajstić information content (AvgIpc) is 2.86. The van der Waals surface area contributed by atoms with Crippen LogP contribution in [0.3, 0.4) is 0 Å². The van der Waals surface area contributed by atoms with Crippen molar-refractivity contribution in [2.45, 2.75) is 39.0 Å². The highest BCUT2D eigenvalue weighted by Crippen LogP contribution is 2.28. The second-order valence-electron chi connectivity index (χ2n) is 8.77. The fraction of sp³-hybridized carbons (Fsp3) is 0.250. The quantitative estimate of drug-likeness (QED) is 0.408. The number of amides is 1. The zero-order valence-electron chi connectivity index (χ0n) is 19.3. The van der Waals surface area contributed by atoms with E-state index in [2.05, 4.69) is 22.1 Å². The van der Waals surface area contributed by atoms with Crippen LogP contribution in [0.15, 0.2) is 79.1 Å². The van der Waals surface area contributed by atoms with E-state index in [0.29, 0.717) is 30.9 Å². The Labute approximate surface area is 199 Å². The fourth-order valence-corrected chi connectivity index (χ4v) is 4.42. The Morgan fingerprint density at radius 2 is 1.68 bits per heavy atom. The van der Waals surface area contributed by atoms with E-state index in [1.54, 1.807) is 12.4 Å². The Kier molecular flexibility index (Phi) is 6.12. The smallest absolute Gasteiger partial charge is 0.316 e. The summed E-state index contributed by atoms with van der Waals surface area (Å²) in [6.45, 7) is 4.74. The van der Waals surface area contributed by atoms with Crippen molar-refractivity contribution < 1.29 is 14.3 Å². The topological polar surface area (TPSA) is 64.6 Å². The van der Waals surface area contributed by atoms with Gasteiger partial charge in [0.15, 0.2) is 5.75 Å². The van der Waals surface area contributed by atoms with E-state index in [1.807, 2.05) is 73.3 Å². The van der Waals surface area contributed by atoms with Gasteiger partial charge in [0, 0.05) is 12.1 Å². The molecule has 0 aliphatic carbocycles. The lowest BCUT2D eigenvalue weighted by Gasteiger charge is -2.37. The summed E-state index contributed by atoms with van der Waals surface area (Å²) in [5.41, 5.74) is 3.10. The van der Waals surface area contributed by atoms with Crippen LogP contribution >= 0.6 is 0 Å². The van der Waals surface area contributed by atoms with Crippen LogP contribution in [0.4, 0.5) is 0 Å². The number of carbonyl (C=O) groups excluding carboxylic acids is 1. The first-order valence-electron chi connectivity index (χ1n) is 11.6. The first-order valence-corrected chi connectivity index (χ1v) is 11.6. The van der Waals surface area contributed by atoms with Crippen LogP contribution in [0.5, 0.6) is 11.8 Å². The number of carbonyl (C=O) groups is 1. The summed E-state index contributed by atoms with van der Waals surface area (Å²) in [6, 6.07) is 22.3. The predicted molar refractivity (Wildman–Crippen MR) is 131 cm³/mol. The van der Waals surface area contributed by atoms with Crippen molar-refractivity contribution in [3.63, 3.8) is 0 Å². The average molecular weight is 454 g/mol. The Morgan fingerprint density at radius 1 is 0.971 bits per heavy atom. The first kappa shape index (κ1) is 21.9. The Balaban J connectivity index is 1.40. The fourth-order valence-electron chi connectivity index (χ4n) is 4.42. The molecule has 1 atom stereocenters. The maximum atomic E-state index is 13.8. The van der Waals surface area contributed by atoms with Crippen LogP contribution in [-0.4, -0.2) is 39.5 Å². The number of benzene rings is 3. The molecule has 2 heterocycles. The van der Waals surface area contributed by atoms with Crippen LogP contribution in [-0.2, 0) is 13.0 Å². The molecule has 5 rings (SSSR count). The zero-order chi connectivity index (χ0) is 23.5. The molecular weight excluding hydrogens is 426 g/mol. The molecule has 0 saturated heterocycles. The van der Waals surface area contributed by atoms with Gasteiger partial charge in [-0.15, -0.1) is 0 Å². The molecule has 1 amide bonds. The second kappa shape index (κ2) is 9.51. The molecule has 0 unspecified atom stereocenters. The predicted octanol–water partition coefficient (Wildman–Crippen LogP) is 5.06. The van der Waals surface area contributed by atoms with Crippen molar-refractivity contribution in [1.82, 2.24) is 14.9 Å². The van der Waals surface area contributed by atoms with Gasteiger partial charge in [0.25, 0.3) is 5.91 Å². The number of hydrogen-bond donors (Lipinski definition) is 0. The largest absolute Gasteiger partial charge is 0.488 e. The van der Waals surface area contributed by atoms with E-state index < -0.39 is 0 Å². The van der Waals surface area contributed by atoms with Gasteiger partial charge in [-0.1, -0.05) is 60.7 Å². The molecule has 0 fully saturated rings. The summed E-state index contributed by atoms with van der Waals surface area (Å²) in [5, 5.41) is 2.01. The van der Waals surface area contributed by atoms with Crippen molar-refractivity contribution in [3.05, 3.63) is 95.8 Å². The van der Waals surface area contributed by atoms with E-state index in [4.69, 9.17) is 9.47 Å². The third kappa shape index (κ3) is 4.57. The standard InChI is InChI=1S/C28H27N3O3/c1-19(2)34-24-15-29-28(30-16-24)33-18-23-14-21-9-3-4-10-22(21)17-31(23)27(32)26-13-7-11-20-8-5-6-12-25(20)26/h3-13,15-16,19,23H,14,17-18H2,1-2H3/t23-/m0/s1. The summed E-state index contributed by atoms with van der Waals surface area (Å²) in [6.07, 6.45) is 3.97. The highest BCUT2D eigenvalue weighted by atomic mass is 16.5. The molecule has 0 saturated carbocycles. The minimum Gasteiger partial charge on any atom is -0.488 e. The number of ether oxygens (including phenoxy) is 2. The van der Waals surface area contributed by atoms with Gasteiger partial charge in [-0.3, -0.25) is 4.79 Å². The number of hydrogen-bond acceptors (Lipinski definition) is 5. The highest BCUT2D eigenvalue weighted by Gasteiger charge is 2.31. The van der Waals surface area contributed by atoms with E-state index in [9.17, 15) is 4.79 Å². The summed E-state index contributed by atoms with van der Waals surface area (Å²) in [4.78, 5) is 24.3. The molecule has 0 radical (unpaired) electrons. The maximum absolute atomic E-state index is 13.8. The number of fused-ring (bicyclic) bond motifs is 2. The van der Waals surface area contributed by atoms with Crippen molar-refractivity contribution >= 4 is 16.7 Å². The van der Waals surface area contributed by atoms with Gasteiger partial charge in [-0.05, 0) is 48.2 Å². The van der Waals surface area contributed by atoms with Gasteiger partial charge >= 0.3 is 6.01 Å². The summed E-state index contributed by atoms with van der Waals surface area (Å²) in [7, 11) is 0. The number of nitrogens with zero attached hydrogens (tertiary/aromatic N) is 3. The van der Waals surface area contributed by atoms with Gasteiger partial charge in [-0.25, -0.2) is 0 Å². The molecule has 1 aromatic heterocycles. The summed E-state index contributed by atoms with van der Waals surface area (Å²) in [5.74, 6) is 0.600. The first-order chi connectivity index (χ1) is 16.6. The van der Waals surface area contributed by atoms with Gasteiger partial charge in [0.2, 0.25) is 0 Å². The molecule has 0 N–H and O–H groups in total. The Hall–Kier alpha value is -3.93. The van der Waals surface area contributed by atoms with Gasteiger partial charge in [0.1, 0.15) is 6.61 Å². The van der Waals surface area contributed by atoms with Crippen LogP contribution in [0.25, 0.3) is 10.8 Å². The third-order valence-electron chi connectivity index (χ3n) is 6.02. The molecule has 3 aromatic carbocycles. The number of aromatic nitrogens is 2. The van der Waals surface area contributed by atoms with E-state index in [1.165, 1.54) is 11.1 Å². The van der Waals surface area contributed by atoms with Crippen molar-refractivity contribution in [2.24, 2.45) is 0 Å². The third-order valence-corrected chi connectivity index (χ3v) is 6.02. The lowest BCUT2D eigenvalue weighted by molar-refractivity contribution is 0.0560.